The average molecular weight is 615 g/mol. The van der Waals surface area contributed by atoms with E-state index in [0.717, 1.165) is 0 Å². The van der Waals surface area contributed by atoms with Gasteiger partial charge in [-0.05, 0) is 31.5 Å². The first-order valence-electron chi connectivity index (χ1n) is 14.0. The van der Waals surface area contributed by atoms with E-state index in [1.807, 2.05) is 13.8 Å². The number of rotatable bonds is 11. The zero-order chi connectivity index (χ0) is 30.8. The smallest absolute Gasteiger partial charge is 0.332 e. The summed E-state index contributed by atoms with van der Waals surface area (Å²) in [6.45, 7) is 6.53. The van der Waals surface area contributed by atoms with Gasteiger partial charge < -0.3 is 19.1 Å². The second-order valence-corrected chi connectivity index (χ2v) is 11.7. The van der Waals surface area contributed by atoms with E-state index in [2.05, 4.69) is 10.2 Å². The molecule has 1 saturated heterocycles. The highest BCUT2D eigenvalue weighted by Gasteiger charge is 2.33. The number of likely N-dealkylation sites (tertiary alicyclic amines) is 1. The topological polar surface area (TPSA) is 123 Å². The Kier molecular flexibility index (Phi) is 9.08. The van der Waals surface area contributed by atoms with Gasteiger partial charge in [0.1, 0.15) is 27.5 Å². The number of thiophene rings is 1. The molecular weight excluding hydrogens is 579 g/mol. The fraction of sp³-hybridized carbons (Fsp3) is 0.483. The molecule has 0 saturated carbocycles. The minimum absolute atomic E-state index is 0.0273. The maximum atomic E-state index is 14.5. The molecule has 3 aromatic heterocycles. The van der Waals surface area contributed by atoms with Crippen molar-refractivity contribution in [1.82, 2.24) is 29.0 Å². The molecule has 2 unspecified atom stereocenters. The summed E-state index contributed by atoms with van der Waals surface area (Å²) >= 11 is 1.21. The molecule has 14 heteroatoms. The number of hydrogen-bond donors (Lipinski definition) is 0. The molecule has 1 fully saturated rings. The molecule has 5 rings (SSSR count). The first-order valence-corrected chi connectivity index (χ1v) is 14.9. The lowest BCUT2D eigenvalue weighted by Gasteiger charge is -2.24. The van der Waals surface area contributed by atoms with E-state index < -0.39 is 29.2 Å². The molecule has 0 aliphatic carbocycles. The Morgan fingerprint density at radius 2 is 1.91 bits per heavy atom. The summed E-state index contributed by atoms with van der Waals surface area (Å²) in [6.07, 6.45) is 2.69. The van der Waals surface area contributed by atoms with Crippen LogP contribution in [-0.4, -0.2) is 75.5 Å². The minimum Gasteiger partial charge on any atom is -0.496 e. The molecule has 1 aliphatic rings. The summed E-state index contributed by atoms with van der Waals surface area (Å²) in [4.78, 5) is 44.7. The number of carbonyl (C=O) groups is 1. The highest BCUT2D eigenvalue weighted by atomic mass is 32.1. The van der Waals surface area contributed by atoms with E-state index in [9.17, 15) is 18.8 Å². The molecule has 4 aromatic rings. The number of aromatic nitrogens is 5. The Bertz CT molecular complexity index is 1730. The molecule has 0 N–H and O–H groups in total. The van der Waals surface area contributed by atoms with Gasteiger partial charge in [-0.25, -0.2) is 9.18 Å². The minimum atomic E-state index is -0.830. The predicted molar refractivity (Wildman–Crippen MR) is 159 cm³/mol. The quantitative estimate of drug-likeness (QED) is 0.236. The van der Waals surface area contributed by atoms with E-state index in [1.54, 1.807) is 18.9 Å². The summed E-state index contributed by atoms with van der Waals surface area (Å²) < 4.78 is 34.1. The van der Waals surface area contributed by atoms with Crippen LogP contribution in [0.1, 0.15) is 43.5 Å². The van der Waals surface area contributed by atoms with Crippen LogP contribution in [0.25, 0.3) is 15.2 Å². The summed E-state index contributed by atoms with van der Waals surface area (Å²) in [6, 6.07) is 3.60. The fourth-order valence-corrected chi connectivity index (χ4v) is 6.72. The fourth-order valence-electron chi connectivity index (χ4n) is 5.50. The lowest BCUT2D eigenvalue weighted by Crippen LogP contribution is -2.44. The lowest BCUT2D eigenvalue weighted by molar-refractivity contribution is -0.133. The van der Waals surface area contributed by atoms with Crippen molar-refractivity contribution in [2.24, 2.45) is 5.92 Å². The molecule has 12 nitrogen and oxygen atoms in total. The van der Waals surface area contributed by atoms with Crippen molar-refractivity contribution >= 4 is 27.5 Å². The van der Waals surface area contributed by atoms with Gasteiger partial charge in [-0.2, -0.15) is 10.2 Å². The van der Waals surface area contributed by atoms with Crippen molar-refractivity contribution in [1.29, 1.82) is 0 Å². The van der Waals surface area contributed by atoms with Crippen LogP contribution >= 0.6 is 11.3 Å². The van der Waals surface area contributed by atoms with Crippen LogP contribution in [0.4, 0.5) is 4.39 Å². The first kappa shape index (κ1) is 30.6. The second-order valence-electron chi connectivity index (χ2n) is 10.7. The SMILES string of the molecule is COCCOC(Cn1c(=O)n(C2CCN(C(=O)C(C)C)C2)c(=O)c2c(C)c(-n3nccn3)sc21)c1cc(F)ccc1OC. The Morgan fingerprint density at radius 1 is 1.16 bits per heavy atom. The van der Waals surface area contributed by atoms with E-state index in [0.29, 0.717) is 45.1 Å². The number of hydrogen-bond acceptors (Lipinski definition) is 9. The Labute approximate surface area is 251 Å². The normalized spacial score (nSPS) is 16.0. The maximum Gasteiger partial charge on any atom is 0.332 e. The molecule has 1 amide bonds. The van der Waals surface area contributed by atoms with Crippen molar-refractivity contribution in [3.63, 3.8) is 0 Å². The van der Waals surface area contributed by atoms with Crippen LogP contribution in [0, 0.1) is 18.7 Å². The predicted octanol–water partition coefficient (Wildman–Crippen LogP) is 3.10. The number of amides is 1. The molecule has 43 heavy (non-hydrogen) atoms. The van der Waals surface area contributed by atoms with Crippen molar-refractivity contribution < 1.29 is 23.4 Å². The molecule has 4 heterocycles. The largest absolute Gasteiger partial charge is 0.496 e. The summed E-state index contributed by atoms with van der Waals surface area (Å²) in [5.41, 5.74) is 0.0518. The Hall–Kier alpha value is -3.88. The Morgan fingerprint density at radius 3 is 2.58 bits per heavy atom. The van der Waals surface area contributed by atoms with E-state index >= 15 is 0 Å². The van der Waals surface area contributed by atoms with Crippen molar-refractivity contribution in [2.45, 2.75) is 45.9 Å². The van der Waals surface area contributed by atoms with Crippen molar-refractivity contribution in [3.05, 3.63) is 68.4 Å². The van der Waals surface area contributed by atoms with E-state index in [-0.39, 0.29) is 38.1 Å². The number of benzene rings is 1. The van der Waals surface area contributed by atoms with E-state index in [4.69, 9.17) is 14.2 Å². The molecule has 1 aliphatic heterocycles. The van der Waals surface area contributed by atoms with Gasteiger partial charge in [0.2, 0.25) is 5.91 Å². The highest BCUT2D eigenvalue weighted by Crippen LogP contribution is 2.34. The number of carbonyl (C=O) groups excluding carboxylic acids is 1. The Balaban J connectivity index is 1.70. The van der Waals surface area contributed by atoms with Gasteiger partial charge in [0.25, 0.3) is 5.56 Å². The van der Waals surface area contributed by atoms with Crippen LogP contribution < -0.4 is 16.0 Å². The molecule has 2 atom stereocenters. The number of halogens is 1. The van der Waals surface area contributed by atoms with Gasteiger partial charge in [-0.1, -0.05) is 25.2 Å². The molecular formula is C29H35FN6O6S. The van der Waals surface area contributed by atoms with Gasteiger partial charge in [-0.3, -0.25) is 18.7 Å². The number of ether oxygens (including phenoxy) is 3. The summed E-state index contributed by atoms with van der Waals surface area (Å²) in [7, 11) is 3.02. The third-order valence-electron chi connectivity index (χ3n) is 7.65. The van der Waals surface area contributed by atoms with Gasteiger partial charge >= 0.3 is 5.69 Å². The second kappa shape index (κ2) is 12.8. The zero-order valence-corrected chi connectivity index (χ0v) is 25.6. The standard InChI is InChI=1S/C29H35FN6O6S/c1-17(2)25(37)33-11-8-20(15-33)35-26(38)24-18(3)27(36-31-9-10-32-36)43-28(24)34(29(35)39)16-23(42-13-12-40-4)21-14-19(30)6-7-22(21)41-5/h6-7,9-10,14,17,20,23H,8,11-13,15-16H2,1-5H3. The third kappa shape index (κ3) is 5.86. The van der Waals surface area contributed by atoms with Gasteiger partial charge in [0.05, 0.1) is 50.7 Å². The van der Waals surface area contributed by atoms with E-state index in [1.165, 1.54) is 63.0 Å². The number of fused-ring (bicyclic) bond motifs is 1. The van der Waals surface area contributed by atoms with Crippen LogP contribution in [0.2, 0.25) is 0 Å². The molecule has 0 bridgehead atoms. The summed E-state index contributed by atoms with van der Waals surface area (Å²) in [5.74, 6) is -0.327. The number of methoxy groups -OCH3 is 2. The summed E-state index contributed by atoms with van der Waals surface area (Å²) in [5, 5.41) is 9.42. The van der Waals surface area contributed by atoms with Crippen LogP contribution in [-0.2, 0) is 20.8 Å². The number of aryl methyl sites for hydroxylation is 1. The van der Waals surface area contributed by atoms with Gasteiger partial charge in [-0.15, -0.1) is 4.80 Å². The van der Waals surface area contributed by atoms with Crippen molar-refractivity contribution in [2.75, 3.05) is 40.5 Å². The first-order chi connectivity index (χ1) is 20.7. The molecule has 230 valence electrons. The van der Waals surface area contributed by atoms with Crippen LogP contribution in [0.15, 0.2) is 40.2 Å². The number of nitrogens with zero attached hydrogens (tertiary/aromatic N) is 6. The lowest BCUT2D eigenvalue weighted by atomic mass is 10.1. The zero-order valence-electron chi connectivity index (χ0n) is 24.8. The monoisotopic (exact) mass is 614 g/mol. The van der Waals surface area contributed by atoms with Crippen LogP contribution in [0.5, 0.6) is 5.75 Å². The van der Waals surface area contributed by atoms with Gasteiger partial charge in [0.15, 0.2) is 0 Å². The molecule has 0 spiro atoms. The maximum absolute atomic E-state index is 14.5. The van der Waals surface area contributed by atoms with Crippen molar-refractivity contribution in [3.8, 4) is 10.8 Å². The highest BCUT2D eigenvalue weighted by molar-refractivity contribution is 7.21. The average Bonchev–Trinajstić information content (AvgIpc) is 3.75. The van der Waals surface area contributed by atoms with Crippen LogP contribution in [0.3, 0.4) is 0 Å². The van der Waals surface area contributed by atoms with Gasteiger partial charge in [0, 0.05) is 37.2 Å². The molecule has 0 radical (unpaired) electrons. The molecule has 1 aromatic carbocycles. The third-order valence-corrected chi connectivity index (χ3v) is 8.93.